The van der Waals surface area contributed by atoms with Crippen molar-refractivity contribution in [3.8, 4) is 0 Å². The number of carbonyl (C=O) groups is 2. The molecule has 0 aliphatic heterocycles. The van der Waals surface area contributed by atoms with Gasteiger partial charge >= 0.3 is 0 Å². The molecular formula is C18H26N2O2. The minimum Gasteiger partial charge on any atom is -0.342 e. The highest BCUT2D eigenvalue weighted by atomic mass is 16.2. The molecular weight excluding hydrogens is 276 g/mol. The average Bonchev–Trinajstić information content (AvgIpc) is 3.34. The van der Waals surface area contributed by atoms with Gasteiger partial charge in [0.05, 0.1) is 11.8 Å². The monoisotopic (exact) mass is 302 g/mol. The zero-order valence-electron chi connectivity index (χ0n) is 13.8. The molecule has 1 fully saturated rings. The van der Waals surface area contributed by atoms with Crippen molar-refractivity contribution < 1.29 is 9.59 Å². The van der Waals surface area contributed by atoms with Crippen molar-refractivity contribution in [2.75, 3.05) is 25.0 Å². The quantitative estimate of drug-likeness (QED) is 0.777. The first-order chi connectivity index (χ1) is 10.6. The highest BCUT2D eigenvalue weighted by Gasteiger charge is 2.50. The number of para-hydroxylation sites is 1. The minimum absolute atomic E-state index is 0.0532. The predicted molar refractivity (Wildman–Crippen MR) is 88.6 cm³/mol. The zero-order chi connectivity index (χ0) is 16.1. The maximum absolute atomic E-state index is 12.5. The number of hydrogen-bond donors (Lipinski definition) is 0. The summed E-state index contributed by atoms with van der Waals surface area (Å²) in [7, 11) is 1.79. The fourth-order valence-corrected chi connectivity index (χ4v) is 2.87. The second-order valence-electron chi connectivity index (χ2n) is 6.01. The van der Waals surface area contributed by atoms with Gasteiger partial charge in [0, 0.05) is 25.8 Å². The molecule has 0 bridgehead atoms. The van der Waals surface area contributed by atoms with Gasteiger partial charge in [-0.2, -0.15) is 0 Å². The van der Waals surface area contributed by atoms with Gasteiger partial charge in [-0.1, -0.05) is 32.0 Å². The molecule has 0 radical (unpaired) electrons. The van der Waals surface area contributed by atoms with Crippen LogP contribution in [0.3, 0.4) is 0 Å². The Kier molecular flexibility index (Phi) is 5.58. The van der Waals surface area contributed by atoms with Crippen molar-refractivity contribution in [2.24, 2.45) is 11.8 Å². The summed E-state index contributed by atoms with van der Waals surface area (Å²) in [6.45, 7) is 5.74. The molecule has 2 rings (SSSR count). The van der Waals surface area contributed by atoms with Gasteiger partial charge in [0.25, 0.3) is 0 Å². The van der Waals surface area contributed by atoms with Crippen molar-refractivity contribution in [2.45, 2.75) is 33.1 Å². The standard InChI is InChI=1S/C18H26N2O2/c1-4-11-20(12-5-2)18(22)16-13-15(16)17(21)19(3)14-9-7-6-8-10-14/h6-10,15-16H,4-5,11-13H2,1-3H3. The molecule has 1 aromatic carbocycles. The van der Waals surface area contributed by atoms with Crippen LogP contribution in [-0.2, 0) is 9.59 Å². The smallest absolute Gasteiger partial charge is 0.230 e. The van der Waals surface area contributed by atoms with Crippen molar-refractivity contribution in [3.05, 3.63) is 30.3 Å². The number of hydrogen-bond acceptors (Lipinski definition) is 2. The lowest BCUT2D eigenvalue weighted by atomic mass is 10.2. The number of nitrogens with zero attached hydrogens (tertiary/aromatic N) is 2. The Hall–Kier alpha value is -1.84. The Morgan fingerprint density at radius 3 is 2.09 bits per heavy atom. The van der Waals surface area contributed by atoms with Gasteiger partial charge in [-0.3, -0.25) is 9.59 Å². The van der Waals surface area contributed by atoms with Crippen molar-refractivity contribution >= 4 is 17.5 Å². The molecule has 22 heavy (non-hydrogen) atoms. The van der Waals surface area contributed by atoms with Crippen LogP contribution in [0.15, 0.2) is 30.3 Å². The van der Waals surface area contributed by atoms with Crippen LogP contribution >= 0.6 is 0 Å². The molecule has 2 atom stereocenters. The highest BCUT2D eigenvalue weighted by molar-refractivity contribution is 6.00. The molecule has 0 heterocycles. The lowest BCUT2D eigenvalue weighted by Gasteiger charge is -2.22. The van der Waals surface area contributed by atoms with Crippen LogP contribution in [0.2, 0.25) is 0 Å². The first-order valence-corrected chi connectivity index (χ1v) is 8.21. The summed E-state index contributed by atoms with van der Waals surface area (Å²) in [5.74, 6) is -0.0494. The van der Waals surface area contributed by atoms with E-state index in [4.69, 9.17) is 0 Å². The van der Waals surface area contributed by atoms with Crippen molar-refractivity contribution in [1.82, 2.24) is 4.90 Å². The average molecular weight is 302 g/mol. The lowest BCUT2D eigenvalue weighted by molar-refractivity contribution is -0.134. The van der Waals surface area contributed by atoms with E-state index >= 15 is 0 Å². The number of rotatable bonds is 7. The zero-order valence-corrected chi connectivity index (χ0v) is 13.8. The summed E-state index contributed by atoms with van der Waals surface area (Å²) in [4.78, 5) is 28.6. The molecule has 1 aliphatic rings. The van der Waals surface area contributed by atoms with Crippen LogP contribution in [0.1, 0.15) is 33.1 Å². The van der Waals surface area contributed by atoms with E-state index in [0.29, 0.717) is 6.42 Å². The van der Waals surface area contributed by atoms with Gasteiger partial charge < -0.3 is 9.80 Å². The minimum atomic E-state index is -0.145. The number of carbonyl (C=O) groups excluding carboxylic acids is 2. The molecule has 1 aliphatic carbocycles. The van der Waals surface area contributed by atoms with E-state index in [1.165, 1.54) is 0 Å². The fraction of sp³-hybridized carbons (Fsp3) is 0.556. The summed E-state index contributed by atoms with van der Waals surface area (Å²) >= 11 is 0. The largest absolute Gasteiger partial charge is 0.342 e. The molecule has 2 amide bonds. The van der Waals surface area contributed by atoms with Crippen LogP contribution in [0.4, 0.5) is 5.69 Å². The van der Waals surface area contributed by atoms with Crippen molar-refractivity contribution in [3.63, 3.8) is 0 Å². The van der Waals surface area contributed by atoms with Gasteiger partial charge in [0.15, 0.2) is 0 Å². The summed E-state index contributed by atoms with van der Waals surface area (Å²) in [6, 6.07) is 9.59. The van der Waals surface area contributed by atoms with Crippen LogP contribution in [0.25, 0.3) is 0 Å². The maximum atomic E-state index is 12.5. The van der Waals surface area contributed by atoms with E-state index in [1.54, 1.807) is 11.9 Å². The Labute approximate surface area is 133 Å². The summed E-state index contributed by atoms with van der Waals surface area (Å²) in [5.41, 5.74) is 0.879. The Morgan fingerprint density at radius 2 is 1.55 bits per heavy atom. The highest BCUT2D eigenvalue weighted by Crippen LogP contribution is 2.42. The van der Waals surface area contributed by atoms with E-state index in [0.717, 1.165) is 31.6 Å². The third-order valence-electron chi connectivity index (χ3n) is 4.20. The molecule has 0 N–H and O–H groups in total. The molecule has 4 heteroatoms. The number of amides is 2. The second kappa shape index (κ2) is 7.43. The third kappa shape index (κ3) is 3.67. The molecule has 0 saturated heterocycles. The summed E-state index contributed by atoms with van der Waals surface area (Å²) < 4.78 is 0. The van der Waals surface area contributed by atoms with Gasteiger partial charge in [0.2, 0.25) is 11.8 Å². The Bertz CT molecular complexity index is 509. The fourth-order valence-electron chi connectivity index (χ4n) is 2.87. The Balaban J connectivity index is 1.96. The van der Waals surface area contributed by atoms with Crippen LogP contribution < -0.4 is 4.90 Å². The third-order valence-corrected chi connectivity index (χ3v) is 4.20. The van der Waals surface area contributed by atoms with Crippen LogP contribution in [0, 0.1) is 11.8 Å². The van der Waals surface area contributed by atoms with E-state index in [-0.39, 0.29) is 23.7 Å². The van der Waals surface area contributed by atoms with Gasteiger partial charge in [-0.05, 0) is 31.4 Å². The SMILES string of the molecule is CCCN(CCC)C(=O)C1CC1C(=O)N(C)c1ccccc1. The van der Waals surface area contributed by atoms with Gasteiger partial charge in [0.1, 0.15) is 0 Å². The normalized spacial score (nSPS) is 19.6. The molecule has 1 saturated carbocycles. The maximum Gasteiger partial charge on any atom is 0.230 e. The van der Waals surface area contributed by atoms with Gasteiger partial charge in [-0.25, -0.2) is 0 Å². The molecule has 120 valence electrons. The second-order valence-corrected chi connectivity index (χ2v) is 6.01. The predicted octanol–water partition coefficient (Wildman–Crippen LogP) is 2.93. The van der Waals surface area contributed by atoms with Crippen molar-refractivity contribution in [1.29, 1.82) is 0 Å². The summed E-state index contributed by atoms with van der Waals surface area (Å²) in [5, 5.41) is 0. The summed E-state index contributed by atoms with van der Waals surface area (Å²) in [6.07, 6.45) is 2.61. The lowest BCUT2D eigenvalue weighted by Crippen LogP contribution is -2.36. The first-order valence-electron chi connectivity index (χ1n) is 8.21. The number of anilines is 1. The number of benzene rings is 1. The molecule has 4 nitrogen and oxygen atoms in total. The van der Waals surface area contributed by atoms with E-state index in [2.05, 4.69) is 13.8 Å². The van der Waals surface area contributed by atoms with E-state index in [1.807, 2.05) is 35.2 Å². The van der Waals surface area contributed by atoms with Gasteiger partial charge in [-0.15, -0.1) is 0 Å². The van der Waals surface area contributed by atoms with Crippen LogP contribution in [-0.4, -0.2) is 36.9 Å². The van der Waals surface area contributed by atoms with E-state index in [9.17, 15) is 9.59 Å². The first kappa shape index (κ1) is 16.5. The molecule has 1 aromatic rings. The topological polar surface area (TPSA) is 40.6 Å². The van der Waals surface area contributed by atoms with E-state index < -0.39 is 0 Å². The molecule has 0 spiro atoms. The van der Waals surface area contributed by atoms with Crippen LogP contribution in [0.5, 0.6) is 0 Å². The Morgan fingerprint density at radius 1 is 1.00 bits per heavy atom. The molecule has 0 aromatic heterocycles. The molecule has 2 unspecified atom stereocenters.